The SMILES string of the molecule is NNC(C1=CCCCO1)C1CSCCS1. The van der Waals surface area contributed by atoms with Crippen LogP contribution < -0.4 is 11.3 Å². The van der Waals surface area contributed by atoms with Crippen LogP contribution in [0, 0.1) is 0 Å². The smallest absolute Gasteiger partial charge is 0.111 e. The zero-order chi connectivity index (χ0) is 10.5. The van der Waals surface area contributed by atoms with E-state index in [0.717, 1.165) is 25.2 Å². The molecule has 0 amide bonds. The largest absolute Gasteiger partial charge is 0.496 e. The van der Waals surface area contributed by atoms with E-state index in [4.69, 9.17) is 10.6 Å². The lowest BCUT2D eigenvalue weighted by molar-refractivity contribution is 0.167. The molecule has 1 fully saturated rings. The Morgan fingerprint density at radius 2 is 2.47 bits per heavy atom. The first-order valence-corrected chi connectivity index (χ1v) is 7.60. The number of hydrogen-bond donors (Lipinski definition) is 2. The predicted molar refractivity (Wildman–Crippen MR) is 68.0 cm³/mol. The van der Waals surface area contributed by atoms with Gasteiger partial charge >= 0.3 is 0 Å². The Morgan fingerprint density at radius 3 is 3.07 bits per heavy atom. The van der Waals surface area contributed by atoms with Gasteiger partial charge in [-0.2, -0.15) is 23.5 Å². The number of ether oxygens (including phenoxy) is 1. The molecule has 3 nitrogen and oxygen atoms in total. The van der Waals surface area contributed by atoms with Crippen molar-refractivity contribution in [2.45, 2.75) is 24.1 Å². The molecule has 0 saturated carbocycles. The number of allylic oxidation sites excluding steroid dienone is 1. The molecule has 2 aliphatic rings. The molecule has 0 bridgehead atoms. The van der Waals surface area contributed by atoms with Crippen LogP contribution in [-0.4, -0.2) is 35.2 Å². The van der Waals surface area contributed by atoms with Gasteiger partial charge in [0.05, 0.1) is 12.6 Å². The Balaban J connectivity index is 1.98. The quantitative estimate of drug-likeness (QED) is 0.582. The summed E-state index contributed by atoms with van der Waals surface area (Å²) in [4.78, 5) is 0. The molecule has 2 atom stereocenters. The number of rotatable bonds is 3. The summed E-state index contributed by atoms with van der Waals surface area (Å²) in [5.41, 5.74) is 2.91. The van der Waals surface area contributed by atoms with Gasteiger partial charge in [0.1, 0.15) is 5.76 Å². The number of hydrazine groups is 1. The molecule has 0 aromatic rings. The molecule has 0 aromatic heterocycles. The predicted octanol–water partition coefficient (Wildman–Crippen LogP) is 1.36. The van der Waals surface area contributed by atoms with Crippen LogP contribution in [0.3, 0.4) is 0 Å². The van der Waals surface area contributed by atoms with E-state index in [-0.39, 0.29) is 6.04 Å². The van der Waals surface area contributed by atoms with E-state index in [2.05, 4.69) is 11.5 Å². The standard InChI is InChI=1S/C10H18N2OS2/c11-12-10(8-3-1-2-4-13-8)9-7-14-5-6-15-9/h3,9-10,12H,1-2,4-7,11H2. The monoisotopic (exact) mass is 246 g/mol. The first-order valence-electron chi connectivity index (χ1n) is 5.40. The minimum atomic E-state index is 0.197. The van der Waals surface area contributed by atoms with Crippen LogP contribution in [0.1, 0.15) is 12.8 Å². The van der Waals surface area contributed by atoms with Crippen molar-refractivity contribution in [2.75, 3.05) is 23.9 Å². The highest BCUT2D eigenvalue weighted by Crippen LogP contribution is 2.30. The molecule has 2 unspecified atom stereocenters. The van der Waals surface area contributed by atoms with Crippen molar-refractivity contribution in [1.29, 1.82) is 0 Å². The van der Waals surface area contributed by atoms with Gasteiger partial charge in [0.2, 0.25) is 0 Å². The summed E-state index contributed by atoms with van der Waals surface area (Å²) in [5, 5.41) is 0.554. The topological polar surface area (TPSA) is 47.3 Å². The van der Waals surface area contributed by atoms with E-state index in [9.17, 15) is 0 Å². The Kier molecular flexibility index (Phi) is 4.68. The summed E-state index contributed by atoms with van der Waals surface area (Å²) in [6.07, 6.45) is 4.44. The Labute approximate surface area is 99.5 Å². The summed E-state index contributed by atoms with van der Waals surface area (Å²) in [6, 6.07) is 0.197. The zero-order valence-corrected chi connectivity index (χ0v) is 10.4. The van der Waals surface area contributed by atoms with E-state index in [1.165, 1.54) is 17.3 Å². The summed E-state index contributed by atoms with van der Waals surface area (Å²) >= 11 is 4.02. The van der Waals surface area contributed by atoms with Crippen molar-refractivity contribution in [2.24, 2.45) is 5.84 Å². The molecule has 15 heavy (non-hydrogen) atoms. The fraction of sp³-hybridized carbons (Fsp3) is 0.800. The van der Waals surface area contributed by atoms with Crippen molar-refractivity contribution in [3.05, 3.63) is 11.8 Å². The number of nitrogens with one attached hydrogen (secondary N) is 1. The number of hydrogen-bond acceptors (Lipinski definition) is 5. The average Bonchev–Trinajstić information content (AvgIpc) is 2.33. The molecule has 0 aliphatic carbocycles. The normalized spacial score (nSPS) is 29.1. The molecule has 1 saturated heterocycles. The van der Waals surface area contributed by atoms with Crippen molar-refractivity contribution >= 4 is 23.5 Å². The number of thioether (sulfide) groups is 2. The van der Waals surface area contributed by atoms with Gasteiger partial charge in [0, 0.05) is 22.5 Å². The van der Waals surface area contributed by atoms with E-state index in [1.54, 1.807) is 0 Å². The van der Waals surface area contributed by atoms with Crippen LogP contribution in [0.25, 0.3) is 0 Å². The third kappa shape index (κ3) is 3.06. The van der Waals surface area contributed by atoms with Gasteiger partial charge < -0.3 is 4.74 Å². The van der Waals surface area contributed by atoms with Gasteiger partial charge in [-0.05, 0) is 18.9 Å². The third-order valence-corrected chi connectivity index (χ3v) is 5.53. The Morgan fingerprint density at radius 1 is 1.53 bits per heavy atom. The van der Waals surface area contributed by atoms with E-state index in [0.29, 0.717) is 5.25 Å². The van der Waals surface area contributed by atoms with Gasteiger partial charge in [-0.15, -0.1) is 0 Å². The number of nitrogens with two attached hydrogens (primary N) is 1. The van der Waals surface area contributed by atoms with Crippen LogP contribution >= 0.6 is 23.5 Å². The highest BCUT2D eigenvalue weighted by Gasteiger charge is 2.28. The molecular formula is C10H18N2OS2. The van der Waals surface area contributed by atoms with Gasteiger partial charge in [0.25, 0.3) is 0 Å². The van der Waals surface area contributed by atoms with Gasteiger partial charge in [0.15, 0.2) is 0 Å². The van der Waals surface area contributed by atoms with Crippen molar-refractivity contribution in [3.63, 3.8) is 0 Å². The van der Waals surface area contributed by atoms with E-state index in [1.807, 2.05) is 23.5 Å². The second kappa shape index (κ2) is 6.03. The summed E-state index contributed by atoms with van der Waals surface area (Å²) in [6.45, 7) is 0.842. The van der Waals surface area contributed by atoms with Gasteiger partial charge in [-0.25, -0.2) is 5.43 Å². The fourth-order valence-electron chi connectivity index (χ4n) is 1.86. The molecule has 0 radical (unpaired) electrons. The van der Waals surface area contributed by atoms with Gasteiger partial charge in [-0.1, -0.05) is 0 Å². The minimum Gasteiger partial charge on any atom is -0.496 e. The van der Waals surface area contributed by atoms with Crippen LogP contribution in [0.2, 0.25) is 0 Å². The first kappa shape index (κ1) is 11.6. The van der Waals surface area contributed by atoms with Crippen LogP contribution in [0.5, 0.6) is 0 Å². The van der Waals surface area contributed by atoms with Crippen LogP contribution in [0.4, 0.5) is 0 Å². The molecule has 2 heterocycles. The maximum absolute atomic E-state index is 5.68. The Hall–Kier alpha value is 0.160. The maximum Gasteiger partial charge on any atom is 0.111 e. The maximum atomic E-state index is 5.68. The van der Waals surface area contributed by atoms with Crippen molar-refractivity contribution in [3.8, 4) is 0 Å². The van der Waals surface area contributed by atoms with Crippen molar-refractivity contribution in [1.82, 2.24) is 5.43 Å². The summed E-state index contributed by atoms with van der Waals surface area (Å²) in [5.74, 6) is 10.4. The van der Waals surface area contributed by atoms with Gasteiger partial charge in [-0.3, -0.25) is 5.84 Å². The molecule has 5 heteroatoms. The second-order valence-electron chi connectivity index (χ2n) is 3.73. The highest BCUT2D eigenvalue weighted by molar-refractivity contribution is 8.06. The van der Waals surface area contributed by atoms with Crippen molar-refractivity contribution < 1.29 is 4.74 Å². The molecule has 3 N–H and O–H groups in total. The Bertz CT molecular complexity index is 229. The summed E-state index contributed by atoms with van der Waals surface area (Å²) in [7, 11) is 0. The molecule has 0 spiro atoms. The molecule has 86 valence electrons. The molecule has 0 aromatic carbocycles. The molecule has 2 aliphatic heterocycles. The summed E-state index contributed by atoms with van der Waals surface area (Å²) < 4.78 is 5.68. The average molecular weight is 246 g/mol. The molecule has 2 rings (SSSR count). The lowest BCUT2D eigenvalue weighted by Crippen LogP contribution is -2.47. The van der Waals surface area contributed by atoms with Crippen LogP contribution in [0.15, 0.2) is 11.8 Å². The minimum absolute atomic E-state index is 0.197. The zero-order valence-electron chi connectivity index (χ0n) is 8.78. The molecular weight excluding hydrogens is 228 g/mol. The van der Waals surface area contributed by atoms with E-state index < -0.39 is 0 Å². The lowest BCUT2D eigenvalue weighted by Gasteiger charge is -2.31. The lowest BCUT2D eigenvalue weighted by atomic mass is 10.1. The second-order valence-corrected chi connectivity index (χ2v) is 6.22. The fourth-order valence-corrected chi connectivity index (χ4v) is 4.69. The van der Waals surface area contributed by atoms with Crippen LogP contribution in [-0.2, 0) is 4.74 Å². The third-order valence-electron chi connectivity index (χ3n) is 2.66. The highest BCUT2D eigenvalue weighted by atomic mass is 32.2. The van der Waals surface area contributed by atoms with E-state index >= 15 is 0 Å². The first-order chi connectivity index (χ1) is 7.42.